The van der Waals surface area contributed by atoms with Crippen LogP contribution in [0.25, 0.3) is 0 Å². The van der Waals surface area contributed by atoms with Gasteiger partial charge in [0.05, 0.1) is 12.0 Å². The van der Waals surface area contributed by atoms with E-state index in [1.807, 2.05) is 0 Å². The minimum atomic E-state index is -1.36. The van der Waals surface area contributed by atoms with E-state index in [-0.39, 0.29) is 5.57 Å². The predicted octanol–water partition coefficient (Wildman–Crippen LogP) is -0.434. The highest BCUT2D eigenvalue weighted by molar-refractivity contribution is 5.92. The fourth-order valence-electron chi connectivity index (χ4n) is 0.540. The van der Waals surface area contributed by atoms with Gasteiger partial charge in [-0.1, -0.05) is 0 Å². The zero-order valence-corrected chi connectivity index (χ0v) is 6.90. The van der Waals surface area contributed by atoms with Gasteiger partial charge in [0.1, 0.15) is 0 Å². The van der Waals surface area contributed by atoms with Gasteiger partial charge in [0.15, 0.2) is 0 Å². The second-order valence-electron chi connectivity index (χ2n) is 2.25. The zero-order valence-electron chi connectivity index (χ0n) is 6.90. The number of aliphatic carboxylic acids is 2. The Morgan fingerprint density at radius 3 is 2.15 bits per heavy atom. The lowest BCUT2D eigenvalue weighted by Gasteiger charge is -1.98. The van der Waals surface area contributed by atoms with Crippen LogP contribution in [0.1, 0.15) is 13.3 Å². The fraction of sp³-hybridized carbons (Fsp3) is 0.286. The van der Waals surface area contributed by atoms with Gasteiger partial charge < -0.3 is 15.5 Å². The summed E-state index contributed by atoms with van der Waals surface area (Å²) in [4.78, 5) is 30.9. The quantitative estimate of drug-likeness (QED) is 0.518. The van der Waals surface area contributed by atoms with E-state index in [1.54, 1.807) is 0 Å². The molecule has 0 heterocycles. The minimum Gasteiger partial charge on any atom is -0.481 e. The van der Waals surface area contributed by atoms with E-state index in [0.717, 1.165) is 6.20 Å². The molecule has 0 atom stereocenters. The summed E-state index contributed by atoms with van der Waals surface area (Å²) in [5, 5.41) is 18.8. The van der Waals surface area contributed by atoms with Crippen LogP contribution in [0.3, 0.4) is 0 Å². The van der Waals surface area contributed by atoms with E-state index in [9.17, 15) is 14.4 Å². The lowest BCUT2D eigenvalue weighted by atomic mass is 10.2. The van der Waals surface area contributed by atoms with E-state index in [1.165, 1.54) is 6.92 Å². The smallest absolute Gasteiger partial charge is 0.333 e. The summed E-state index contributed by atoms with van der Waals surface area (Å²) in [7, 11) is 0. The number of hydrogen-bond acceptors (Lipinski definition) is 3. The predicted molar refractivity (Wildman–Crippen MR) is 41.8 cm³/mol. The maximum atomic E-state index is 10.4. The lowest BCUT2D eigenvalue weighted by Crippen LogP contribution is -2.16. The van der Waals surface area contributed by atoms with Gasteiger partial charge in [-0.3, -0.25) is 9.59 Å². The Kier molecular flexibility index (Phi) is 4.21. The van der Waals surface area contributed by atoms with Gasteiger partial charge in [-0.2, -0.15) is 0 Å². The highest BCUT2D eigenvalue weighted by atomic mass is 16.4. The largest absolute Gasteiger partial charge is 0.481 e. The number of carbonyl (C=O) groups is 3. The van der Waals surface area contributed by atoms with Crippen molar-refractivity contribution in [1.82, 2.24) is 5.32 Å². The third-order valence-corrected chi connectivity index (χ3v) is 1.07. The van der Waals surface area contributed by atoms with Crippen molar-refractivity contribution >= 4 is 17.8 Å². The number of rotatable bonds is 4. The highest BCUT2D eigenvalue weighted by Crippen LogP contribution is 1.99. The standard InChI is InChI=1S/C7H9NO5/c1-4(9)8-3-5(7(12)13)2-6(10)11/h3H,2H2,1H3,(H,8,9)(H,10,11)(H,12,13)/b5-3+. The van der Waals surface area contributed by atoms with Crippen LogP contribution in [0.5, 0.6) is 0 Å². The molecule has 3 N–H and O–H groups in total. The van der Waals surface area contributed by atoms with Crippen molar-refractivity contribution in [2.45, 2.75) is 13.3 Å². The molecule has 0 aliphatic heterocycles. The lowest BCUT2D eigenvalue weighted by molar-refractivity contribution is -0.139. The van der Waals surface area contributed by atoms with Gasteiger partial charge in [0, 0.05) is 13.1 Å². The molecule has 0 fully saturated rings. The summed E-state index contributed by atoms with van der Waals surface area (Å²) in [6, 6.07) is 0. The Bertz CT molecular complexity index is 268. The molecule has 0 aliphatic rings. The van der Waals surface area contributed by atoms with Crippen LogP contribution >= 0.6 is 0 Å². The SMILES string of the molecule is CC(=O)N/C=C(\CC(=O)O)C(=O)O. The monoisotopic (exact) mass is 187 g/mol. The van der Waals surface area contributed by atoms with Crippen molar-refractivity contribution in [3.8, 4) is 0 Å². The van der Waals surface area contributed by atoms with Crippen LogP contribution < -0.4 is 5.32 Å². The second-order valence-corrected chi connectivity index (χ2v) is 2.25. The Morgan fingerprint density at radius 1 is 1.31 bits per heavy atom. The van der Waals surface area contributed by atoms with Gasteiger partial charge in [0.25, 0.3) is 0 Å². The summed E-state index contributed by atoms with van der Waals surface area (Å²) in [5.74, 6) is -3.08. The second kappa shape index (κ2) is 4.91. The van der Waals surface area contributed by atoms with Crippen LogP contribution in [-0.2, 0) is 14.4 Å². The van der Waals surface area contributed by atoms with Crippen molar-refractivity contribution in [2.75, 3.05) is 0 Å². The Morgan fingerprint density at radius 2 is 1.85 bits per heavy atom. The van der Waals surface area contributed by atoms with Crippen LogP contribution in [0, 0.1) is 0 Å². The van der Waals surface area contributed by atoms with E-state index in [0.29, 0.717) is 0 Å². The van der Waals surface area contributed by atoms with E-state index in [2.05, 4.69) is 5.32 Å². The highest BCUT2D eigenvalue weighted by Gasteiger charge is 2.11. The van der Waals surface area contributed by atoms with Crippen molar-refractivity contribution in [2.24, 2.45) is 0 Å². The van der Waals surface area contributed by atoms with E-state index >= 15 is 0 Å². The van der Waals surface area contributed by atoms with Gasteiger partial charge in [-0.05, 0) is 0 Å². The first-order valence-corrected chi connectivity index (χ1v) is 3.34. The average molecular weight is 187 g/mol. The summed E-state index contributed by atoms with van der Waals surface area (Å²) in [5.41, 5.74) is -0.372. The average Bonchev–Trinajstić information content (AvgIpc) is 1.96. The van der Waals surface area contributed by atoms with Crippen molar-refractivity contribution in [3.63, 3.8) is 0 Å². The first-order valence-electron chi connectivity index (χ1n) is 3.34. The van der Waals surface area contributed by atoms with Gasteiger partial charge in [-0.25, -0.2) is 4.79 Å². The number of amides is 1. The molecule has 0 saturated heterocycles. The maximum Gasteiger partial charge on any atom is 0.333 e. The van der Waals surface area contributed by atoms with Crippen LogP contribution in [0.4, 0.5) is 0 Å². The van der Waals surface area contributed by atoms with Crippen molar-refractivity contribution < 1.29 is 24.6 Å². The zero-order chi connectivity index (χ0) is 10.4. The maximum absolute atomic E-state index is 10.4. The number of nitrogens with one attached hydrogen (secondary N) is 1. The number of carboxylic acid groups (broad SMARTS) is 2. The van der Waals surface area contributed by atoms with Gasteiger partial charge in [-0.15, -0.1) is 0 Å². The van der Waals surface area contributed by atoms with Gasteiger partial charge in [0.2, 0.25) is 5.91 Å². The minimum absolute atomic E-state index is 0.372. The van der Waals surface area contributed by atoms with Crippen LogP contribution in [0.15, 0.2) is 11.8 Å². The van der Waals surface area contributed by atoms with Crippen LogP contribution in [-0.4, -0.2) is 28.1 Å². The van der Waals surface area contributed by atoms with Gasteiger partial charge >= 0.3 is 11.9 Å². The molecule has 0 bridgehead atoms. The molecule has 6 nitrogen and oxygen atoms in total. The summed E-state index contributed by atoms with van der Waals surface area (Å²) in [6.45, 7) is 1.19. The molecule has 0 aromatic rings. The molecule has 0 spiro atoms. The molecule has 0 rings (SSSR count). The number of carbonyl (C=O) groups excluding carboxylic acids is 1. The Labute approximate surface area is 73.9 Å². The molecule has 13 heavy (non-hydrogen) atoms. The summed E-state index contributed by atoms with van der Waals surface area (Å²) < 4.78 is 0. The topological polar surface area (TPSA) is 104 Å². The summed E-state index contributed by atoms with van der Waals surface area (Å²) in [6.07, 6.45) is 0.244. The Hall–Kier alpha value is -1.85. The van der Waals surface area contributed by atoms with Crippen molar-refractivity contribution in [3.05, 3.63) is 11.8 Å². The van der Waals surface area contributed by atoms with Crippen molar-refractivity contribution in [1.29, 1.82) is 0 Å². The molecule has 0 radical (unpaired) electrons. The number of carboxylic acids is 2. The van der Waals surface area contributed by atoms with Crippen LogP contribution in [0.2, 0.25) is 0 Å². The molecule has 0 saturated carbocycles. The molecule has 1 amide bonds. The molecule has 0 aromatic carbocycles. The molecule has 0 aromatic heterocycles. The van der Waals surface area contributed by atoms with E-state index < -0.39 is 24.3 Å². The molecular weight excluding hydrogens is 178 g/mol. The summed E-state index contributed by atoms with van der Waals surface area (Å²) >= 11 is 0. The Balaban J connectivity index is 4.41. The molecule has 6 heteroatoms. The first-order chi connectivity index (χ1) is 5.93. The van der Waals surface area contributed by atoms with E-state index in [4.69, 9.17) is 10.2 Å². The molecular formula is C7H9NO5. The molecule has 0 aliphatic carbocycles. The first kappa shape index (κ1) is 11.2. The third-order valence-electron chi connectivity index (χ3n) is 1.07. The normalized spacial score (nSPS) is 10.7. The molecule has 72 valence electrons. The molecule has 0 unspecified atom stereocenters. The fourth-order valence-corrected chi connectivity index (χ4v) is 0.540. The number of hydrogen-bond donors (Lipinski definition) is 3. The third kappa shape index (κ3) is 5.42.